The van der Waals surface area contributed by atoms with E-state index in [0.29, 0.717) is 5.92 Å². The molecule has 1 saturated carbocycles. The fraction of sp³-hybridized carbons (Fsp3) is 0.600. The number of thiophene rings is 1. The molecular weight excluding hydrogens is 168 g/mol. The smallest absolute Gasteiger partial charge is 0.102 e. The van der Waals surface area contributed by atoms with Gasteiger partial charge >= 0.3 is 0 Å². The molecule has 1 nitrogen and oxygen atoms in total. The standard InChI is InChI=1S/C10H14OS/c1-2-4-8-7-10(8,11)9-5-3-6-12-9/h3,5-6,8,11H,2,4,7H2,1H3. The molecule has 1 N–H and O–H groups in total. The minimum atomic E-state index is -0.440. The maximum Gasteiger partial charge on any atom is 0.102 e. The Morgan fingerprint density at radius 2 is 2.58 bits per heavy atom. The van der Waals surface area contributed by atoms with E-state index in [2.05, 4.69) is 6.92 Å². The maximum atomic E-state index is 10.1. The zero-order valence-corrected chi connectivity index (χ0v) is 8.10. The van der Waals surface area contributed by atoms with E-state index < -0.39 is 5.60 Å². The van der Waals surface area contributed by atoms with Crippen molar-refractivity contribution in [1.29, 1.82) is 0 Å². The van der Waals surface area contributed by atoms with Crippen molar-refractivity contribution in [2.75, 3.05) is 0 Å². The molecule has 0 aromatic carbocycles. The summed E-state index contributed by atoms with van der Waals surface area (Å²) in [6, 6.07) is 4.06. The normalized spacial score (nSPS) is 33.7. The molecule has 2 heteroatoms. The third-order valence-corrected chi connectivity index (χ3v) is 3.69. The monoisotopic (exact) mass is 182 g/mol. The van der Waals surface area contributed by atoms with E-state index in [9.17, 15) is 5.11 Å². The Balaban J connectivity index is 2.07. The van der Waals surface area contributed by atoms with Crippen molar-refractivity contribution in [2.24, 2.45) is 5.92 Å². The average Bonchev–Trinajstić information content (AvgIpc) is 2.57. The van der Waals surface area contributed by atoms with Crippen LogP contribution in [0.5, 0.6) is 0 Å². The van der Waals surface area contributed by atoms with Gasteiger partial charge in [0.05, 0.1) is 0 Å². The molecule has 66 valence electrons. The third-order valence-electron chi connectivity index (χ3n) is 2.66. The molecule has 1 aliphatic carbocycles. The number of hydrogen-bond donors (Lipinski definition) is 1. The van der Waals surface area contributed by atoms with Gasteiger partial charge < -0.3 is 5.11 Å². The second-order valence-corrected chi connectivity index (χ2v) is 4.54. The molecule has 1 aromatic heterocycles. The fourth-order valence-corrected chi connectivity index (χ4v) is 2.75. The van der Waals surface area contributed by atoms with E-state index in [-0.39, 0.29) is 0 Å². The highest BCUT2D eigenvalue weighted by molar-refractivity contribution is 7.10. The van der Waals surface area contributed by atoms with E-state index in [0.717, 1.165) is 17.7 Å². The first-order valence-corrected chi connectivity index (χ1v) is 5.41. The lowest BCUT2D eigenvalue weighted by atomic mass is 10.1. The molecule has 2 unspecified atom stereocenters. The van der Waals surface area contributed by atoms with Gasteiger partial charge in [-0.05, 0) is 30.2 Å². The van der Waals surface area contributed by atoms with Crippen LogP contribution in [-0.2, 0) is 5.60 Å². The lowest BCUT2D eigenvalue weighted by molar-refractivity contribution is 0.133. The van der Waals surface area contributed by atoms with E-state index in [1.54, 1.807) is 11.3 Å². The van der Waals surface area contributed by atoms with Crippen molar-refractivity contribution in [3.8, 4) is 0 Å². The van der Waals surface area contributed by atoms with Crippen molar-refractivity contribution in [3.63, 3.8) is 0 Å². The molecule has 0 saturated heterocycles. The van der Waals surface area contributed by atoms with E-state index in [1.807, 2.05) is 17.5 Å². The molecule has 0 radical (unpaired) electrons. The summed E-state index contributed by atoms with van der Waals surface area (Å²) in [5, 5.41) is 12.1. The summed E-state index contributed by atoms with van der Waals surface area (Å²) in [6.45, 7) is 2.17. The molecule has 1 aliphatic rings. The summed E-state index contributed by atoms with van der Waals surface area (Å²) in [5.41, 5.74) is -0.440. The van der Waals surface area contributed by atoms with Gasteiger partial charge in [0.1, 0.15) is 5.60 Å². The van der Waals surface area contributed by atoms with Gasteiger partial charge in [0.15, 0.2) is 0 Å². The third kappa shape index (κ3) is 1.19. The average molecular weight is 182 g/mol. The second kappa shape index (κ2) is 2.86. The van der Waals surface area contributed by atoms with Gasteiger partial charge in [0.25, 0.3) is 0 Å². The van der Waals surface area contributed by atoms with E-state index >= 15 is 0 Å². The molecule has 0 amide bonds. The summed E-state index contributed by atoms with van der Waals surface area (Å²) in [6.07, 6.45) is 3.31. The molecule has 1 aromatic rings. The van der Waals surface area contributed by atoms with Gasteiger partial charge in [-0.15, -0.1) is 11.3 Å². The number of rotatable bonds is 3. The highest BCUT2D eigenvalue weighted by Crippen LogP contribution is 2.55. The van der Waals surface area contributed by atoms with Gasteiger partial charge in [-0.3, -0.25) is 0 Å². The molecule has 0 bridgehead atoms. The van der Waals surface area contributed by atoms with Crippen LogP contribution in [0.2, 0.25) is 0 Å². The summed E-state index contributed by atoms with van der Waals surface area (Å²) in [5.74, 6) is 0.529. The van der Waals surface area contributed by atoms with Crippen LogP contribution in [0, 0.1) is 5.92 Å². The van der Waals surface area contributed by atoms with Crippen molar-refractivity contribution in [3.05, 3.63) is 22.4 Å². The molecule has 2 rings (SSSR count). The molecule has 0 spiro atoms. The minimum Gasteiger partial charge on any atom is -0.384 e. The van der Waals surface area contributed by atoms with Crippen LogP contribution < -0.4 is 0 Å². The van der Waals surface area contributed by atoms with Crippen molar-refractivity contribution >= 4 is 11.3 Å². The van der Waals surface area contributed by atoms with Crippen LogP contribution in [0.4, 0.5) is 0 Å². The molecular formula is C10H14OS. The predicted octanol–water partition coefficient (Wildman–Crippen LogP) is 2.76. The van der Waals surface area contributed by atoms with Crippen LogP contribution in [0.25, 0.3) is 0 Å². The summed E-state index contributed by atoms with van der Waals surface area (Å²) >= 11 is 1.67. The van der Waals surface area contributed by atoms with Gasteiger partial charge in [-0.1, -0.05) is 19.4 Å². The van der Waals surface area contributed by atoms with Crippen molar-refractivity contribution in [2.45, 2.75) is 31.8 Å². The Morgan fingerprint density at radius 3 is 3.17 bits per heavy atom. The van der Waals surface area contributed by atoms with Gasteiger partial charge in [-0.2, -0.15) is 0 Å². The van der Waals surface area contributed by atoms with Crippen molar-refractivity contribution < 1.29 is 5.11 Å². The van der Waals surface area contributed by atoms with Crippen LogP contribution in [0.15, 0.2) is 17.5 Å². The largest absolute Gasteiger partial charge is 0.384 e. The Morgan fingerprint density at radius 1 is 1.75 bits per heavy atom. The minimum absolute atomic E-state index is 0.440. The molecule has 0 aliphatic heterocycles. The first-order valence-electron chi connectivity index (χ1n) is 4.53. The zero-order chi connectivity index (χ0) is 8.60. The molecule has 1 heterocycles. The molecule has 1 fully saturated rings. The van der Waals surface area contributed by atoms with Crippen LogP contribution in [0.1, 0.15) is 31.1 Å². The predicted molar refractivity (Wildman–Crippen MR) is 51.2 cm³/mol. The first kappa shape index (κ1) is 8.27. The first-order chi connectivity index (χ1) is 5.77. The summed E-state index contributed by atoms with van der Waals surface area (Å²) in [4.78, 5) is 1.15. The quantitative estimate of drug-likeness (QED) is 0.762. The zero-order valence-electron chi connectivity index (χ0n) is 7.29. The summed E-state index contributed by atoms with van der Waals surface area (Å²) < 4.78 is 0. The van der Waals surface area contributed by atoms with Crippen molar-refractivity contribution in [1.82, 2.24) is 0 Å². The molecule has 2 atom stereocenters. The highest BCUT2D eigenvalue weighted by Gasteiger charge is 2.53. The second-order valence-electron chi connectivity index (χ2n) is 3.59. The lowest BCUT2D eigenvalue weighted by Gasteiger charge is -2.06. The van der Waals surface area contributed by atoms with E-state index in [1.165, 1.54) is 6.42 Å². The van der Waals surface area contributed by atoms with Crippen LogP contribution >= 0.6 is 11.3 Å². The van der Waals surface area contributed by atoms with Crippen LogP contribution in [-0.4, -0.2) is 5.11 Å². The Kier molecular flexibility index (Phi) is 1.97. The van der Waals surface area contributed by atoms with Gasteiger partial charge in [-0.25, -0.2) is 0 Å². The summed E-state index contributed by atoms with van der Waals surface area (Å²) in [7, 11) is 0. The Hall–Kier alpha value is -0.340. The number of hydrogen-bond acceptors (Lipinski definition) is 2. The van der Waals surface area contributed by atoms with Gasteiger partial charge in [0.2, 0.25) is 0 Å². The van der Waals surface area contributed by atoms with E-state index in [4.69, 9.17) is 0 Å². The maximum absolute atomic E-state index is 10.1. The SMILES string of the molecule is CCCC1CC1(O)c1cccs1. The van der Waals surface area contributed by atoms with Crippen LogP contribution in [0.3, 0.4) is 0 Å². The fourth-order valence-electron chi connectivity index (χ4n) is 1.83. The lowest BCUT2D eigenvalue weighted by Crippen LogP contribution is -2.05. The Labute approximate surface area is 77.0 Å². The number of aliphatic hydroxyl groups is 1. The van der Waals surface area contributed by atoms with Gasteiger partial charge in [0, 0.05) is 4.88 Å². The highest BCUT2D eigenvalue weighted by atomic mass is 32.1. The molecule has 12 heavy (non-hydrogen) atoms. The Bertz CT molecular complexity index is 255. The topological polar surface area (TPSA) is 20.2 Å².